The third-order valence-corrected chi connectivity index (χ3v) is 5.73. The van der Waals surface area contributed by atoms with Crippen molar-refractivity contribution in [3.63, 3.8) is 0 Å². The summed E-state index contributed by atoms with van der Waals surface area (Å²) in [5, 5.41) is 16.6. The number of amides is 1. The van der Waals surface area contributed by atoms with Gasteiger partial charge in [-0.1, -0.05) is 12.1 Å². The number of aromatic hydroxyl groups is 1. The molecule has 4 rings (SSSR count). The summed E-state index contributed by atoms with van der Waals surface area (Å²) >= 11 is 1.42. The number of phenolic OH excluding ortho intramolecular Hbond substituents is 1. The van der Waals surface area contributed by atoms with Crippen LogP contribution < -0.4 is 10.6 Å². The van der Waals surface area contributed by atoms with Gasteiger partial charge < -0.3 is 15.7 Å². The van der Waals surface area contributed by atoms with E-state index in [4.69, 9.17) is 0 Å². The lowest BCUT2D eigenvalue weighted by Gasteiger charge is -2.20. The highest BCUT2D eigenvalue weighted by Crippen LogP contribution is 2.34. The molecule has 1 aromatic carbocycles. The zero-order chi connectivity index (χ0) is 15.1. The molecule has 3 atom stereocenters. The van der Waals surface area contributed by atoms with Crippen LogP contribution in [0.4, 0.5) is 0 Å². The Balaban J connectivity index is 1.49. The van der Waals surface area contributed by atoms with Gasteiger partial charge >= 0.3 is 0 Å². The summed E-state index contributed by atoms with van der Waals surface area (Å²) in [5.74, 6) is 0.236. The number of hydrogen-bond acceptors (Lipinski definition) is 4. The monoisotopic (exact) mass is 314 g/mol. The van der Waals surface area contributed by atoms with Crippen LogP contribution >= 0.6 is 11.3 Å². The number of hydrogen-bond donors (Lipinski definition) is 3. The summed E-state index contributed by atoms with van der Waals surface area (Å²) in [6.07, 6.45) is 3.42. The normalized spacial score (nSPS) is 26.3. The fraction of sp³-hybridized carbons (Fsp3) is 0.353. The van der Waals surface area contributed by atoms with E-state index in [0.717, 1.165) is 23.3 Å². The van der Waals surface area contributed by atoms with E-state index in [1.807, 2.05) is 24.3 Å². The van der Waals surface area contributed by atoms with Gasteiger partial charge in [-0.15, -0.1) is 11.3 Å². The number of para-hydroxylation sites is 1. The van der Waals surface area contributed by atoms with Crippen molar-refractivity contribution in [3.8, 4) is 16.2 Å². The number of carbonyl (C=O) groups is 1. The molecule has 3 unspecified atom stereocenters. The van der Waals surface area contributed by atoms with Crippen molar-refractivity contribution in [2.75, 3.05) is 0 Å². The lowest BCUT2D eigenvalue weighted by atomic mass is 9.95. The molecule has 3 N–H and O–H groups in total. The molecule has 22 heavy (non-hydrogen) atoms. The summed E-state index contributed by atoms with van der Waals surface area (Å²) in [5.41, 5.74) is 0.771. The van der Waals surface area contributed by atoms with Gasteiger partial charge in [-0.05, 0) is 43.5 Å². The molecule has 2 bridgehead atoms. The largest absolute Gasteiger partial charge is 0.507 e. The van der Waals surface area contributed by atoms with Crippen LogP contribution in [0.3, 0.4) is 0 Å². The van der Waals surface area contributed by atoms with Crippen LogP contribution in [0.25, 0.3) is 10.4 Å². The van der Waals surface area contributed by atoms with Crippen molar-refractivity contribution in [3.05, 3.63) is 41.3 Å². The Morgan fingerprint density at radius 3 is 2.82 bits per heavy atom. The minimum absolute atomic E-state index is 0.00831. The molecule has 114 valence electrons. The molecule has 2 fully saturated rings. The van der Waals surface area contributed by atoms with Gasteiger partial charge in [0, 0.05) is 28.6 Å². The molecule has 2 aliphatic rings. The smallest absolute Gasteiger partial charge is 0.261 e. The maximum absolute atomic E-state index is 12.4. The predicted octanol–water partition coefficient (Wildman–Crippen LogP) is 2.74. The molecule has 2 saturated heterocycles. The van der Waals surface area contributed by atoms with Crippen LogP contribution in [0.5, 0.6) is 5.75 Å². The van der Waals surface area contributed by atoms with E-state index in [9.17, 15) is 9.90 Å². The Labute approximate surface area is 133 Å². The summed E-state index contributed by atoms with van der Waals surface area (Å²) in [6, 6.07) is 12.2. The molecule has 0 spiro atoms. The molecule has 1 amide bonds. The first-order valence-electron chi connectivity index (χ1n) is 7.66. The molecule has 2 aromatic rings. The summed E-state index contributed by atoms with van der Waals surface area (Å²) in [6.45, 7) is 0. The number of nitrogens with one attached hydrogen (secondary N) is 2. The lowest BCUT2D eigenvalue weighted by Crippen LogP contribution is -2.42. The highest BCUT2D eigenvalue weighted by molar-refractivity contribution is 7.17. The molecule has 0 aliphatic carbocycles. The van der Waals surface area contributed by atoms with E-state index in [1.54, 1.807) is 12.1 Å². The maximum atomic E-state index is 12.4. The Hall–Kier alpha value is -1.85. The summed E-state index contributed by atoms with van der Waals surface area (Å²) in [7, 11) is 0. The van der Waals surface area contributed by atoms with E-state index in [1.165, 1.54) is 17.8 Å². The topological polar surface area (TPSA) is 61.4 Å². The zero-order valence-electron chi connectivity index (χ0n) is 12.1. The average molecular weight is 314 g/mol. The minimum atomic E-state index is -0.00831. The highest BCUT2D eigenvalue weighted by atomic mass is 32.1. The van der Waals surface area contributed by atoms with E-state index in [-0.39, 0.29) is 17.7 Å². The average Bonchev–Trinajstić information content (AvgIpc) is 3.24. The number of fused-ring (bicyclic) bond motifs is 2. The number of phenols is 1. The van der Waals surface area contributed by atoms with E-state index in [0.29, 0.717) is 17.0 Å². The third-order valence-electron chi connectivity index (χ3n) is 4.62. The highest BCUT2D eigenvalue weighted by Gasteiger charge is 2.39. The van der Waals surface area contributed by atoms with Crippen molar-refractivity contribution in [1.29, 1.82) is 0 Å². The van der Waals surface area contributed by atoms with Crippen LogP contribution in [-0.2, 0) is 0 Å². The Morgan fingerprint density at radius 1 is 1.23 bits per heavy atom. The standard InChI is InChI=1S/C17H18N2O2S/c20-14-4-2-1-3-11(14)15-7-8-16(22-15)17(21)19-13-9-10-5-6-12(13)18-10/h1-4,7-8,10,12-13,18,20H,5-6,9H2,(H,19,21). The lowest BCUT2D eigenvalue weighted by molar-refractivity contribution is 0.0935. The van der Waals surface area contributed by atoms with Crippen LogP contribution in [0.15, 0.2) is 36.4 Å². The molecular formula is C17H18N2O2S. The number of rotatable bonds is 3. The molecule has 0 saturated carbocycles. The second kappa shape index (κ2) is 5.41. The van der Waals surface area contributed by atoms with Crippen molar-refractivity contribution in [2.24, 2.45) is 0 Å². The molecule has 3 heterocycles. The minimum Gasteiger partial charge on any atom is -0.507 e. The number of benzene rings is 1. The van der Waals surface area contributed by atoms with E-state index in [2.05, 4.69) is 10.6 Å². The predicted molar refractivity (Wildman–Crippen MR) is 87.2 cm³/mol. The van der Waals surface area contributed by atoms with Crippen molar-refractivity contribution in [2.45, 2.75) is 37.4 Å². The first-order chi connectivity index (χ1) is 10.7. The Morgan fingerprint density at radius 2 is 2.09 bits per heavy atom. The van der Waals surface area contributed by atoms with Gasteiger partial charge in [0.05, 0.1) is 4.88 Å². The second-order valence-electron chi connectivity index (χ2n) is 6.04. The molecule has 5 heteroatoms. The molecule has 4 nitrogen and oxygen atoms in total. The quantitative estimate of drug-likeness (QED) is 0.816. The third kappa shape index (κ3) is 2.40. The van der Waals surface area contributed by atoms with Crippen molar-refractivity contribution >= 4 is 17.2 Å². The van der Waals surface area contributed by atoms with Gasteiger partial charge in [0.15, 0.2) is 0 Å². The van der Waals surface area contributed by atoms with Gasteiger partial charge in [-0.2, -0.15) is 0 Å². The zero-order valence-corrected chi connectivity index (χ0v) is 12.9. The van der Waals surface area contributed by atoms with Crippen LogP contribution in [0.1, 0.15) is 28.9 Å². The van der Waals surface area contributed by atoms with Crippen molar-refractivity contribution in [1.82, 2.24) is 10.6 Å². The van der Waals surface area contributed by atoms with Crippen molar-refractivity contribution < 1.29 is 9.90 Å². The molecule has 0 radical (unpaired) electrons. The number of thiophene rings is 1. The van der Waals surface area contributed by atoms with Crippen LogP contribution in [0.2, 0.25) is 0 Å². The fourth-order valence-corrected chi connectivity index (χ4v) is 4.45. The Bertz CT molecular complexity index is 712. The molecule has 2 aliphatic heterocycles. The first-order valence-corrected chi connectivity index (χ1v) is 8.47. The Kier molecular flexibility index (Phi) is 3.39. The van der Waals surface area contributed by atoms with Gasteiger partial charge in [-0.3, -0.25) is 4.79 Å². The molecule has 1 aromatic heterocycles. The van der Waals surface area contributed by atoms with Gasteiger partial charge in [0.2, 0.25) is 0 Å². The van der Waals surface area contributed by atoms with E-state index < -0.39 is 0 Å². The molecular weight excluding hydrogens is 296 g/mol. The van der Waals surface area contributed by atoms with Gasteiger partial charge in [0.25, 0.3) is 5.91 Å². The SMILES string of the molecule is O=C(NC1CC2CCC1N2)c1ccc(-c2ccccc2O)s1. The maximum Gasteiger partial charge on any atom is 0.261 e. The van der Waals surface area contributed by atoms with Gasteiger partial charge in [0.1, 0.15) is 5.75 Å². The first kappa shape index (κ1) is 13.8. The van der Waals surface area contributed by atoms with Crippen LogP contribution in [-0.4, -0.2) is 29.1 Å². The number of carbonyl (C=O) groups excluding carboxylic acids is 1. The summed E-state index contributed by atoms with van der Waals surface area (Å²) in [4.78, 5) is 14.0. The fourth-order valence-electron chi connectivity index (χ4n) is 3.51. The summed E-state index contributed by atoms with van der Waals surface area (Å²) < 4.78 is 0. The second-order valence-corrected chi connectivity index (χ2v) is 7.13. The van der Waals surface area contributed by atoms with Crippen LogP contribution in [0, 0.1) is 0 Å². The van der Waals surface area contributed by atoms with Gasteiger partial charge in [-0.25, -0.2) is 0 Å². The van der Waals surface area contributed by atoms with E-state index >= 15 is 0 Å².